The Labute approximate surface area is 251 Å². The first-order chi connectivity index (χ1) is 21.0. The number of hydrazone groups is 1. The van der Waals surface area contributed by atoms with Crippen LogP contribution < -0.4 is 9.75 Å². The van der Waals surface area contributed by atoms with Gasteiger partial charge in [-0.15, -0.1) is 0 Å². The van der Waals surface area contributed by atoms with Gasteiger partial charge < -0.3 is 19.3 Å². The number of carbonyl (C=O) groups is 3. The van der Waals surface area contributed by atoms with Gasteiger partial charge in [0.25, 0.3) is 17.7 Å². The van der Waals surface area contributed by atoms with Gasteiger partial charge in [0.2, 0.25) is 0 Å². The molecule has 3 aliphatic heterocycles. The number of fused-ring (bicyclic) bond motifs is 1. The van der Waals surface area contributed by atoms with E-state index < -0.39 is 5.60 Å². The molecule has 1 saturated heterocycles. The van der Waals surface area contributed by atoms with E-state index in [-0.39, 0.29) is 43.0 Å². The van der Waals surface area contributed by atoms with Gasteiger partial charge in [0.1, 0.15) is 18.1 Å². The first-order valence-electron chi connectivity index (χ1n) is 15.0. The van der Waals surface area contributed by atoms with Crippen molar-refractivity contribution in [2.75, 3.05) is 37.9 Å². The van der Waals surface area contributed by atoms with Gasteiger partial charge in [0.15, 0.2) is 5.60 Å². The quantitative estimate of drug-likeness (QED) is 0.461. The van der Waals surface area contributed by atoms with E-state index in [0.29, 0.717) is 38.3 Å². The topological polar surface area (TPSA) is 91.8 Å². The van der Waals surface area contributed by atoms with E-state index in [9.17, 15) is 14.4 Å². The Morgan fingerprint density at radius 3 is 2.42 bits per heavy atom. The number of anilines is 1. The Morgan fingerprint density at radius 2 is 1.60 bits per heavy atom. The van der Waals surface area contributed by atoms with Crippen LogP contribution in [0.5, 0.6) is 5.75 Å². The van der Waals surface area contributed by atoms with Crippen LogP contribution in [0.2, 0.25) is 0 Å². The number of ether oxygens (including phenoxy) is 2. The van der Waals surface area contributed by atoms with Crippen molar-refractivity contribution in [3.8, 4) is 5.75 Å². The highest BCUT2D eigenvalue weighted by atomic mass is 16.5. The molecule has 0 aromatic heterocycles. The van der Waals surface area contributed by atoms with Crippen LogP contribution in [0.1, 0.15) is 36.8 Å². The van der Waals surface area contributed by atoms with Gasteiger partial charge in [-0.25, -0.2) is 0 Å². The molecule has 0 N–H and O–H groups in total. The molecule has 3 aromatic rings. The van der Waals surface area contributed by atoms with E-state index >= 15 is 0 Å². The van der Waals surface area contributed by atoms with Gasteiger partial charge in [-0.1, -0.05) is 66.7 Å². The van der Waals surface area contributed by atoms with Crippen molar-refractivity contribution in [3.63, 3.8) is 0 Å². The van der Waals surface area contributed by atoms with Gasteiger partial charge in [0, 0.05) is 13.1 Å². The van der Waals surface area contributed by atoms with Crippen LogP contribution in [-0.4, -0.2) is 71.7 Å². The molecule has 1 fully saturated rings. The Bertz CT molecular complexity index is 1490. The fraction of sp³-hybridized carbons (Fsp3) is 0.353. The molecule has 1 atom stereocenters. The molecule has 3 amide bonds. The molecule has 3 aliphatic rings. The maximum atomic E-state index is 14.5. The first kappa shape index (κ1) is 28.6. The molecule has 1 unspecified atom stereocenters. The largest absolute Gasteiger partial charge is 0.491 e. The van der Waals surface area contributed by atoms with Crippen molar-refractivity contribution in [1.29, 1.82) is 0 Å². The van der Waals surface area contributed by atoms with Crippen molar-refractivity contribution in [1.82, 2.24) is 9.80 Å². The summed E-state index contributed by atoms with van der Waals surface area (Å²) in [6.45, 7) is 1.75. The lowest BCUT2D eigenvalue weighted by Gasteiger charge is -2.44. The zero-order valence-corrected chi connectivity index (χ0v) is 24.2. The van der Waals surface area contributed by atoms with Crippen molar-refractivity contribution in [2.45, 2.75) is 44.2 Å². The lowest BCUT2D eigenvalue weighted by molar-refractivity contribution is -0.175. The minimum absolute atomic E-state index is 0.0804. The fourth-order valence-corrected chi connectivity index (χ4v) is 6.03. The smallest absolute Gasteiger partial charge is 0.270 e. The van der Waals surface area contributed by atoms with E-state index in [1.165, 1.54) is 5.01 Å². The van der Waals surface area contributed by atoms with Gasteiger partial charge in [0.05, 0.1) is 31.8 Å². The van der Waals surface area contributed by atoms with Crippen molar-refractivity contribution >= 4 is 29.1 Å². The number of hydrogen-bond donors (Lipinski definition) is 0. The van der Waals surface area contributed by atoms with Gasteiger partial charge in [-0.3, -0.25) is 14.4 Å². The predicted octanol–water partition coefficient (Wildman–Crippen LogP) is 4.21. The number of para-hydroxylation sites is 2. The molecule has 6 rings (SSSR count). The Kier molecular flexibility index (Phi) is 8.51. The third kappa shape index (κ3) is 6.32. The number of carbonyl (C=O) groups excluding carboxylic acids is 3. The van der Waals surface area contributed by atoms with Crippen LogP contribution in [0.3, 0.4) is 0 Å². The van der Waals surface area contributed by atoms with Crippen molar-refractivity contribution in [2.24, 2.45) is 5.10 Å². The molecular weight excluding hydrogens is 544 g/mol. The second kappa shape index (κ2) is 12.8. The number of benzene rings is 3. The molecular formula is C34H36N4O5. The van der Waals surface area contributed by atoms with Crippen LogP contribution in [0.15, 0.2) is 90.0 Å². The van der Waals surface area contributed by atoms with E-state index in [2.05, 4.69) is 11.2 Å². The minimum atomic E-state index is -1.20. The second-order valence-corrected chi connectivity index (χ2v) is 11.2. The zero-order chi connectivity index (χ0) is 29.6. The summed E-state index contributed by atoms with van der Waals surface area (Å²) >= 11 is 0. The highest BCUT2D eigenvalue weighted by Gasteiger charge is 2.47. The van der Waals surface area contributed by atoms with Gasteiger partial charge in [-0.05, 0) is 55.0 Å². The molecule has 0 saturated carbocycles. The zero-order valence-electron chi connectivity index (χ0n) is 24.2. The summed E-state index contributed by atoms with van der Waals surface area (Å²) in [4.78, 5) is 44.5. The van der Waals surface area contributed by atoms with Crippen LogP contribution in [0, 0.1) is 0 Å². The molecule has 0 bridgehead atoms. The number of rotatable bonds is 4. The average molecular weight is 581 g/mol. The maximum absolute atomic E-state index is 14.5. The van der Waals surface area contributed by atoms with Crippen LogP contribution in [0.4, 0.5) is 5.69 Å². The van der Waals surface area contributed by atoms with E-state index in [4.69, 9.17) is 9.47 Å². The summed E-state index contributed by atoms with van der Waals surface area (Å²) < 4.78 is 12.6. The molecule has 0 radical (unpaired) electrons. The third-order valence-corrected chi connectivity index (χ3v) is 8.26. The number of aryl methyl sites for hydroxylation is 1. The Balaban J connectivity index is 1.26. The summed E-state index contributed by atoms with van der Waals surface area (Å²) in [5, 5.41) is 5.68. The summed E-state index contributed by atoms with van der Waals surface area (Å²) in [5.41, 5.74) is 1.73. The lowest BCUT2D eigenvalue weighted by Crippen LogP contribution is -2.62. The monoisotopic (exact) mass is 580 g/mol. The predicted molar refractivity (Wildman–Crippen MR) is 163 cm³/mol. The minimum Gasteiger partial charge on any atom is -0.491 e. The van der Waals surface area contributed by atoms with Crippen LogP contribution in [-0.2, 0) is 32.1 Å². The molecule has 3 heterocycles. The fourth-order valence-electron chi connectivity index (χ4n) is 6.03. The number of hydrogen-bond acceptors (Lipinski definition) is 6. The summed E-state index contributed by atoms with van der Waals surface area (Å²) in [6, 6.07) is 27.0. The summed E-state index contributed by atoms with van der Waals surface area (Å²) in [6.07, 6.45) is 2.81. The SMILES string of the molecule is O=C(C1=NN(c2ccccc2)C(=O)C1)N1CCOC2(CCCCc3ccccc3OCCN(Cc3ccccc3)C2=O)C1. The number of morpholine rings is 1. The summed E-state index contributed by atoms with van der Waals surface area (Å²) in [5.74, 6) is 0.114. The van der Waals surface area contributed by atoms with Gasteiger partial charge in [-0.2, -0.15) is 10.1 Å². The van der Waals surface area contributed by atoms with Crippen molar-refractivity contribution in [3.05, 3.63) is 96.1 Å². The Hall–Kier alpha value is -4.50. The molecule has 9 nitrogen and oxygen atoms in total. The second-order valence-electron chi connectivity index (χ2n) is 11.2. The maximum Gasteiger partial charge on any atom is 0.270 e. The van der Waals surface area contributed by atoms with Crippen LogP contribution >= 0.6 is 0 Å². The third-order valence-electron chi connectivity index (χ3n) is 8.26. The van der Waals surface area contributed by atoms with E-state index in [0.717, 1.165) is 36.1 Å². The normalized spacial score (nSPS) is 21.5. The molecule has 9 heteroatoms. The molecule has 43 heavy (non-hydrogen) atoms. The standard InChI is InChI=1S/C34H36N4O5/c39-31-23-29(35-38(31)28-15-5-2-6-16-28)32(40)37-20-22-43-34(25-37)18-10-9-14-27-13-7-8-17-30(27)42-21-19-36(33(34)41)24-26-11-3-1-4-12-26/h1-8,11-13,15-17H,9-10,14,18-25H2. The molecule has 0 aliphatic carbocycles. The van der Waals surface area contributed by atoms with E-state index in [1.807, 2.05) is 66.7 Å². The van der Waals surface area contributed by atoms with Crippen molar-refractivity contribution < 1.29 is 23.9 Å². The molecule has 222 valence electrons. The summed E-state index contributed by atoms with van der Waals surface area (Å²) in [7, 11) is 0. The first-order valence-corrected chi connectivity index (χ1v) is 15.0. The highest BCUT2D eigenvalue weighted by Crippen LogP contribution is 2.31. The Morgan fingerprint density at radius 1 is 0.860 bits per heavy atom. The van der Waals surface area contributed by atoms with E-state index in [1.54, 1.807) is 21.9 Å². The van der Waals surface area contributed by atoms with Gasteiger partial charge >= 0.3 is 0 Å². The average Bonchev–Trinajstić information content (AvgIpc) is 3.44. The highest BCUT2D eigenvalue weighted by molar-refractivity contribution is 6.44. The number of nitrogens with zero attached hydrogens (tertiary/aromatic N) is 4. The lowest BCUT2D eigenvalue weighted by atomic mass is 9.90. The number of amides is 3. The molecule has 1 spiro atoms. The van der Waals surface area contributed by atoms with Crippen LogP contribution in [0.25, 0.3) is 0 Å². The molecule has 3 aromatic carbocycles.